The predicted octanol–water partition coefficient (Wildman–Crippen LogP) is 2.48. The Morgan fingerprint density at radius 1 is 0.909 bits per heavy atom. The number of fused-ring (bicyclic) bond motifs is 1. The summed E-state index contributed by atoms with van der Waals surface area (Å²) in [5.74, 6) is 0.946. The molecule has 3 aliphatic rings. The van der Waals surface area contributed by atoms with E-state index in [1.54, 1.807) is 35.2 Å². The van der Waals surface area contributed by atoms with Gasteiger partial charge in [-0.1, -0.05) is 12.1 Å². The van der Waals surface area contributed by atoms with Crippen molar-refractivity contribution in [1.82, 2.24) is 4.90 Å². The molecule has 3 aliphatic heterocycles. The van der Waals surface area contributed by atoms with Crippen molar-refractivity contribution in [3.63, 3.8) is 0 Å². The van der Waals surface area contributed by atoms with E-state index in [-0.39, 0.29) is 28.7 Å². The zero-order chi connectivity index (χ0) is 22.8. The van der Waals surface area contributed by atoms with Crippen molar-refractivity contribution in [2.45, 2.75) is 24.0 Å². The monoisotopic (exact) mass is 474 g/mol. The van der Waals surface area contributed by atoms with Gasteiger partial charge >= 0.3 is 0 Å². The summed E-state index contributed by atoms with van der Waals surface area (Å²) in [4.78, 5) is 15.0. The SMILES string of the molecule is O=C(c1ccccc1NS(=O)(=O)c1ccc2c(c1)OCCO2)N1CCC(C2OCCO2)CC1. The summed E-state index contributed by atoms with van der Waals surface area (Å²) in [7, 11) is -3.94. The Balaban J connectivity index is 1.31. The molecular formula is C23H26N2O7S. The number of benzene rings is 2. The van der Waals surface area contributed by atoms with Gasteiger partial charge in [-0.15, -0.1) is 0 Å². The van der Waals surface area contributed by atoms with Crippen LogP contribution in [0.4, 0.5) is 5.69 Å². The van der Waals surface area contributed by atoms with Crippen LogP contribution in [0.3, 0.4) is 0 Å². The van der Waals surface area contributed by atoms with E-state index in [9.17, 15) is 13.2 Å². The third-order valence-corrected chi connectivity index (χ3v) is 7.45. The number of para-hydroxylation sites is 1. The number of piperidine rings is 1. The van der Waals surface area contributed by atoms with E-state index in [1.807, 2.05) is 0 Å². The minimum Gasteiger partial charge on any atom is -0.486 e. The number of hydrogen-bond donors (Lipinski definition) is 1. The minimum atomic E-state index is -3.94. The second-order valence-electron chi connectivity index (χ2n) is 8.20. The Labute approximate surface area is 192 Å². The Kier molecular flexibility index (Phi) is 6.13. The van der Waals surface area contributed by atoms with Gasteiger partial charge in [-0.2, -0.15) is 0 Å². The van der Waals surface area contributed by atoms with Crippen molar-refractivity contribution in [3.05, 3.63) is 48.0 Å². The first-order valence-corrected chi connectivity index (χ1v) is 12.5. The second kappa shape index (κ2) is 9.20. The fraction of sp³-hybridized carbons (Fsp3) is 0.435. The molecule has 0 aromatic heterocycles. The molecule has 2 saturated heterocycles. The number of amides is 1. The highest BCUT2D eigenvalue weighted by Crippen LogP contribution is 2.33. The van der Waals surface area contributed by atoms with Crippen LogP contribution in [0.1, 0.15) is 23.2 Å². The lowest BCUT2D eigenvalue weighted by Crippen LogP contribution is -2.41. The van der Waals surface area contributed by atoms with Gasteiger partial charge in [-0.25, -0.2) is 8.42 Å². The number of anilines is 1. The van der Waals surface area contributed by atoms with Crippen molar-refractivity contribution >= 4 is 21.6 Å². The van der Waals surface area contributed by atoms with Crippen LogP contribution in [0.5, 0.6) is 11.5 Å². The first-order chi connectivity index (χ1) is 16.0. The zero-order valence-electron chi connectivity index (χ0n) is 18.1. The van der Waals surface area contributed by atoms with Gasteiger partial charge in [-0.05, 0) is 37.1 Å². The van der Waals surface area contributed by atoms with Crippen molar-refractivity contribution in [2.24, 2.45) is 5.92 Å². The number of carbonyl (C=O) groups excluding carboxylic acids is 1. The molecule has 2 aromatic carbocycles. The van der Waals surface area contributed by atoms with Crippen molar-refractivity contribution in [2.75, 3.05) is 44.2 Å². The van der Waals surface area contributed by atoms with Crippen LogP contribution in [0.25, 0.3) is 0 Å². The lowest BCUT2D eigenvalue weighted by molar-refractivity contribution is -0.0956. The number of hydrogen-bond acceptors (Lipinski definition) is 7. The lowest BCUT2D eigenvalue weighted by Gasteiger charge is -2.34. The Bertz CT molecular complexity index is 1120. The van der Waals surface area contributed by atoms with Gasteiger partial charge in [-0.3, -0.25) is 9.52 Å². The van der Waals surface area contributed by atoms with Gasteiger partial charge in [0, 0.05) is 25.1 Å². The van der Waals surface area contributed by atoms with Crippen molar-refractivity contribution in [1.29, 1.82) is 0 Å². The molecule has 10 heteroatoms. The standard InChI is InChI=1S/C23H26N2O7S/c26-22(25-9-7-16(8-10-25)23-31-13-14-32-23)18-3-1-2-4-19(18)24-33(27,28)17-5-6-20-21(15-17)30-12-11-29-20/h1-6,15-16,23-24H,7-14H2. The lowest BCUT2D eigenvalue weighted by atomic mass is 9.95. The molecule has 0 saturated carbocycles. The molecule has 2 fully saturated rings. The van der Waals surface area contributed by atoms with Crippen LogP contribution in [0, 0.1) is 5.92 Å². The number of sulfonamides is 1. The maximum atomic E-state index is 13.3. The maximum Gasteiger partial charge on any atom is 0.262 e. The summed E-state index contributed by atoms with van der Waals surface area (Å²) in [6.45, 7) is 3.13. The molecule has 1 amide bonds. The van der Waals surface area contributed by atoms with Gasteiger partial charge in [0.1, 0.15) is 13.2 Å². The topological polar surface area (TPSA) is 103 Å². The molecule has 33 heavy (non-hydrogen) atoms. The van der Waals surface area contributed by atoms with Crippen LogP contribution in [-0.4, -0.2) is 65.0 Å². The van der Waals surface area contributed by atoms with Crippen LogP contribution >= 0.6 is 0 Å². The molecule has 3 heterocycles. The average Bonchev–Trinajstić information content (AvgIpc) is 3.39. The molecule has 0 radical (unpaired) electrons. The summed E-state index contributed by atoms with van der Waals surface area (Å²) >= 11 is 0. The molecule has 0 spiro atoms. The van der Waals surface area contributed by atoms with Gasteiger partial charge in [0.2, 0.25) is 0 Å². The summed E-state index contributed by atoms with van der Waals surface area (Å²) in [6, 6.07) is 11.1. The van der Waals surface area contributed by atoms with Gasteiger partial charge in [0.25, 0.3) is 15.9 Å². The fourth-order valence-corrected chi connectivity index (χ4v) is 5.44. The fourth-order valence-electron chi connectivity index (χ4n) is 4.35. The molecule has 176 valence electrons. The Morgan fingerprint density at radius 2 is 1.61 bits per heavy atom. The minimum absolute atomic E-state index is 0.0337. The van der Waals surface area contributed by atoms with Crippen LogP contribution < -0.4 is 14.2 Å². The third kappa shape index (κ3) is 4.64. The third-order valence-electron chi connectivity index (χ3n) is 6.09. The largest absolute Gasteiger partial charge is 0.486 e. The highest BCUT2D eigenvalue weighted by molar-refractivity contribution is 7.92. The Morgan fingerprint density at radius 3 is 2.36 bits per heavy atom. The number of likely N-dealkylation sites (tertiary alicyclic amines) is 1. The first kappa shape index (κ1) is 22.0. The molecule has 9 nitrogen and oxygen atoms in total. The maximum absolute atomic E-state index is 13.3. The smallest absolute Gasteiger partial charge is 0.262 e. The molecule has 0 bridgehead atoms. The number of rotatable bonds is 5. The quantitative estimate of drug-likeness (QED) is 0.710. The van der Waals surface area contributed by atoms with Crippen LogP contribution in [0.15, 0.2) is 47.4 Å². The molecular weight excluding hydrogens is 448 g/mol. The van der Waals surface area contributed by atoms with E-state index in [2.05, 4.69) is 4.72 Å². The normalized spacial score (nSPS) is 19.5. The number of ether oxygens (including phenoxy) is 4. The zero-order valence-corrected chi connectivity index (χ0v) is 18.9. The van der Waals surface area contributed by atoms with Gasteiger partial charge < -0.3 is 23.8 Å². The van der Waals surface area contributed by atoms with Gasteiger partial charge in [0.15, 0.2) is 17.8 Å². The number of nitrogens with one attached hydrogen (secondary N) is 1. The van der Waals surface area contributed by atoms with E-state index >= 15 is 0 Å². The first-order valence-electron chi connectivity index (χ1n) is 11.1. The summed E-state index contributed by atoms with van der Waals surface area (Å²) in [6.07, 6.45) is 1.37. The molecule has 5 rings (SSSR count). The molecule has 0 aliphatic carbocycles. The van der Waals surface area contributed by atoms with E-state index in [1.165, 1.54) is 12.1 Å². The van der Waals surface area contributed by atoms with Crippen molar-refractivity contribution in [3.8, 4) is 11.5 Å². The Hall–Kier alpha value is -2.82. The van der Waals surface area contributed by atoms with Gasteiger partial charge in [0.05, 0.1) is 29.4 Å². The predicted molar refractivity (Wildman–Crippen MR) is 119 cm³/mol. The molecule has 0 atom stereocenters. The number of carbonyl (C=O) groups is 1. The second-order valence-corrected chi connectivity index (χ2v) is 9.88. The molecule has 1 N–H and O–H groups in total. The number of nitrogens with zero attached hydrogens (tertiary/aromatic N) is 1. The van der Waals surface area contributed by atoms with Crippen LogP contribution in [-0.2, 0) is 19.5 Å². The average molecular weight is 475 g/mol. The summed E-state index contributed by atoms with van der Waals surface area (Å²) in [5, 5.41) is 0. The van der Waals surface area contributed by atoms with Crippen molar-refractivity contribution < 1.29 is 32.2 Å². The van der Waals surface area contributed by atoms with E-state index in [4.69, 9.17) is 18.9 Å². The highest BCUT2D eigenvalue weighted by atomic mass is 32.2. The summed E-state index contributed by atoms with van der Waals surface area (Å²) < 4.78 is 50.9. The van der Waals surface area contributed by atoms with Crippen LogP contribution in [0.2, 0.25) is 0 Å². The van der Waals surface area contributed by atoms with E-state index in [0.717, 1.165) is 12.8 Å². The van der Waals surface area contributed by atoms with E-state index < -0.39 is 10.0 Å². The molecule has 2 aromatic rings. The highest BCUT2D eigenvalue weighted by Gasteiger charge is 2.33. The van der Waals surface area contributed by atoms with E-state index in [0.29, 0.717) is 56.6 Å². The molecule has 0 unspecified atom stereocenters. The summed E-state index contributed by atoms with van der Waals surface area (Å²) in [5.41, 5.74) is 0.549.